The predicted molar refractivity (Wildman–Crippen MR) is 212 cm³/mol. The molecule has 0 fully saturated rings. The van der Waals surface area contributed by atoms with Crippen LogP contribution < -0.4 is 0 Å². The average Bonchev–Trinajstić information content (AvgIpc) is 3.14. The zero-order chi connectivity index (χ0) is 34.0. The molecule has 6 rings (SSSR count). The van der Waals surface area contributed by atoms with Crippen LogP contribution in [0, 0.1) is 0 Å². The lowest BCUT2D eigenvalue weighted by Crippen LogP contribution is -2.17. The average molecular weight is 682 g/mol. The summed E-state index contributed by atoms with van der Waals surface area (Å²) in [5.41, 5.74) is 13.1. The van der Waals surface area contributed by atoms with Gasteiger partial charge in [0.25, 0.3) is 0 Å². The van der Waals surface area contributed by atoms with Crippen molar-refractivity contribution in [2.24, 2.45) is 0 Å². The first-order valence-electron chi connectivity index (χ1n) is 17.9. The highest BCUT2D eigenvalue weighted by molar-refractivity contribution is 6.30. The molecule has 0 heterocycles. The number of aryl methyl sites for hydroxylation is 2. The van der Waals surface area contributed by atoms with Crippen molar-refractivity contribution in [3.8, 4) is 22.3 Å². The monoisotopic (exact) mass is 680 g/mol. The van der Waals surface area contributed by atoms with Crippen LogP contribution in [0.1, 0.15) is 78.3 Å². The first-order valence-corrected chi connectivity index (χ1v) is 18.6. The Balaban J connectivity index is 1.32. The van der Waals surface area contributed by atoms with Crippen LogP contribution in [-0.2, 0) is 25.7 Å². The maximum atomic E-state index is 6.42. The molecule has 0 aliphatic carbocycles. The third-order valence-corrected chi connectivity index (χ3v) is 10.3. The minimum absolute atomic E-state index is 0.232. The first-order chi connectivity index (χ1) is 24.0. The van der Waals surface area contributed by atoms with E-state index in [1.54, 1.807) is 0 Å². The molecule has 0 amide bonds. The van der Waals surface area contributed by atoms with Gasteiger partial charge in [-0.2, -0.15) is 0 Å². The lowest BCUT2D eigenvalue weighted by atomic mass is 9.75. The Hall–Kier alpha value is -4.10. The lowest BCUT2D eigenvalue weighted by Gasteiger charge is -2.29. The summed E-state index contributed by atoms with van der Waals surface area (Å²) in [7, 11) is 0. The van der Waals surface area contributed by atoms with E-state index in [9.17, 15) is 0 Å². The Morgan fingerprint density at radius 2 is 0.694 bits per heavy atom. The zero-order valence-electron chi connectivity index (χ0n) is 28.7. The van der Waals surface area contributed by atoms with Gasteiger partial charge >= 0.3 is 0 Å². The van der Waals surface area contributed by atoms with E-state index in [0.29, 0.717) is 0 Å². The minimum atomic E-state index is 0.232. The van der Waals surface area contributed by atoms with Gasteiger partial charge in [-0.15, -0.1) is 0 Å². The van der Waals surface area contributed by atoms with Crippen molar-refractivity contribution in [1.82, 2.24) is 0 Å². The van der Waals surface area contributed by atoms with Crippen molar-refractivity contribution in [1.29, 1.82) is 0 Å². The van der Waals surface area contributed by atoms with Crippen LogP contribution in [0.15, 0.2) is 146 Å². The van der Waals surface area contributed by atoms with Crippen LogP contribution in [0.5, 0.6) is 0 Å². The summed E-state index contributed by atoms with van der Waals surface area (Å²) in [6, 6.07) is 53.4. The maximum absolute atomic E-state index is 6.42. The third-order valence-electron chi connectivity index (χ3n) is 9.83. The SMILES string of the molecule is CCCCc1ccc(-c2ccc(C(Cc3ccc(Cl)cc3)C(Cc3ccc(-c4ccc(CCC)cc4)cc3)c3ccc(Cl)cc3)cc2)cc1. The molecule has 2 atom stereocenters. The Morgan fingerprint density at radius 1 is 0.367 bits per heavy atom. The third kappa shape index (κ3) is 9.33. The minimum Gasteiger partial charge on any atom is -0.0843 e. The van der Waals surface area contributed by atoms with Crippen LogP contribution in [0.25, 0.3) is 22.3 Å². The van der Waals surface area contributed by atoms with Gasteiger partial charge in [-0.1, -0.05) is 171 Å². The van der Waals surface area contributed by atoms with E-state index in [0.717, 1.165) is 35.7 Å². The molecular formula is C47H46Cl2. The van der Waals surface area contributed by atoms with E-state index in [4.69, 9.17) is 23.2 Å². The zero-order valence-corrected chi connectivity index (χ0v) is 30.2. The van der Waals surface area contributed by atoms with Gasteiger partial charge in [-0.25, -0.2) is 0 Å². The van der Waals surface area contributed by atoms with E-state index in [2.05, 4.69) is 135 Å². The second kappa shape index (κ2) is 17.0. The fraction of sp³-hybridized carbons (Fsp3) is 0.234. The number of hydrogen-bond acceptors (Lipinski definition) is 0. The molecule has 6 aromatic carbocycles. The number of unbranched alkanes of at least 4 members (excludes halogenated alkanes) is 1. The van der Waals surface area contributed by atoms with Gasteiger partial charge in [0.2, 0.25) is 0 Å². The molecule has 0 aromatic heterocycles. The highest BCUT2D eigenvalue weighted by Gasteiger charge is 2.26. The van der Waals surface area contributed by atoms with Crippen molar-refractivity contribution < 1.29 is 0 Å². The molecule has 248 valence electrons. The Kier molecular flexibility index (Phi) is 12.1. The predicted octanol–water partition coefficient (Wildman–Crippen LogP) is 14.0. The van der Waals surface area contributed by atoms with Gasteiger partial charge in [0, 0.05) is 10.0 Å². The second-order valence-electron chi connectivity index (χ2n) is 13.4. The second-order valence-corrected chi connectivity index (χ2v) is 14.2. The summed E-state index contributed by atoms with van der Waals surface area (Å²) >= 11 is 12.7. The Bertz CT molecular complexity index is 1870. The van der Waals surface area contributed by atoms with E-state index >= 15 is 0 Å². The molecule has 0 nitrogen and oxygen atoms in total. The van der Waals surface area contributed by atoms with Gasteiger partial charge in [0.05, 0.1) is 0 Å². The van der Waals surface area contributed by atoms with E-state index in [1.807, 2.05) is 24.3 Å². The molecule has 0 saturated carbocycles. The maximum Gasteiger partial charge on any atom is 0.0406 e. The van der Waals surface area contributed by atoms with Crippen LogP contribution in [0.3, 0.4) is 0 Å². The van der Waals surface area contributed by atoms with Crippen molar-refractivity contribution in [2.75, 3.05) is 0 Å². The standard InChI is InChI=1S/C47H46Cl2/c1-3-5-7-35-10-18-39(19-11-35)41-22-24-42(25-23-41)46(33-37-14-28-44(48)29-15-37)47(43-26-30-45(49)31-27-43)32-36-12-20-40(21-13-36)38-16-8-34(6-4-2)9-17-38/h8-31,46-47H,3-7,32-33H2,1-2H3. The fourth-order valence-corrected chi connectivity index (χ4v) is 7.23. The summed E-state index contributed by atoms with van der Waals surface area (Å²) in [4.78, 5) is 0. The fourth-order valence-electron chi connectivity index (χ4n) is 6.98. The van der Waals surface area contributed by atoms with Gasteiger partial charge < -0.3 is 0 Å². The molecule has 2 unspecified atom stereocenters. The Morgan fingerprint density at radius 3 is 1.10 bits per heavy atom. The van der Waals surface area contributed by atoms with Crippen LogP contribution in [0.4, 0.5) is 0 Å². The summed E-state index contributed by atoms with van der Waals surface area (Å²) in [6.07, 6.45) is 7.69. The van der Waals surface area contributed by atoms with Crippen LogP contribution in [-0.4, -0.2) is 0 Å². The largest absolute Gasteiger partial charge is 0.0843 e. The van der Waals surface area contributed by atoms with Crippen LogP contribution in [0.2, 0.25) is 10.0 Å². The summed E-state index contributed by atoms with van der Waals surface area (Å²) in [5.74, 6) is 0.467. The smallest absolute Gasteiger partial charge is 0.0406 e. The van der Waals surface area contributed by atoms with Crippen LogP contribution >= 0.6 is 23.2 Å². The van der Waals surface area contributed by atoms with E-state index < -0.39 is 0 Å². The molecular weight excluding hydrogens is 635 g/mol. The summed E-state index contributed by atoms with van der Waals surface area (Å²) < 4.78 is 0. The number of benzene rings is 6. The quantitative estimate of drug-likeness (QED) is 0.107. The van der Waals surface area contributed by atoms with E-state index in [1.165, 1.54) is 74.9 Å². The van der Waals surface area contributed by atoms with E-state index in [-0.39, 0.29) is 11.8 Å². The van der Waals surface area contributed by atoms with Gasteiger partial charge in [-0.3, -0.25) is 0 Å². The number of hydrogen-bond donors (Lipinski definition) is 0. The summed E-state index contributed by atoms with van der Waals surface area (Å²) in [6.45, 7) is 4.48. The first kappa shape index (κ1) is 34.8. The molecule has 0 N–H and O–H groups in total. The number of rotatable bonds is 14. The molecule has 0 radical (unpaired) electrons. The molecule has 0 spiro atoms. The molecule has 0 aliphatic rings. The summed E-state index contributed by atoms with van der Waals surface area (Å²) in [5, 5.41) is 1.52. The van der Waals surface area contributed by atoms with Gasteiger partial charge in [-0.05, 0) is 124 Å². The highest BCUT2D eigenvalue weighted by atomic mass is 35.5. The molecule has 0 saturated heterocycles. The molecule has 0 aliphatic heterocycles. The van der Waals surface area contributed by atoms with Crippen molar-refractivity contribution in [3.05, 3.63) is 189 Å². The molecule has 6 aromatic rings. The van der Waals surface area contributed by atoms with Crippen molar-refractivity contribution in [3.63, 3.8) is 0 Å². The van der Waals surface area contributed by atoms with Crippen molar-refractivity contribution >= 4 is 23.2 Å². The Labute approximate surface area is 303 Å². The normalized spacial score (nSPS) is 12.5. The van der Waals surface area contributed by atoms with Gasteiger partial charge in [0.15, 0.2) is 0 Å². The lowest BCUT2D eigenvalue weighted by molar-refractivity contribution is 0.531. The molecule has 2 heteroatoms. The number of halogens is 2. The van der Waals surface area contributed by atoms with Gasteiger partial charge in [0.1, 0.15) is 0 Å². The molecule has 0 bridgehead atoms. The highest BCUT2D eigenvalue weighted by Crippen LogP contribution is 2.40. The van der Waals surface area contributed by atoms with Crippen molar-refractivity contribution in [2.45, 2.75) is 70.6 Å². The topological polar surface area (TPSA) is 0 Å². The molecule has 49 heavy (non-hydrogen) atoms.